The molecule has 2 fully saturated rings. The topological polar surface area (TPSA) is 126 Å². The van der Waals surface area contributed by atoms with Crippen LogP contribution < -0.4 is 20.7 Å². The van der Waals surface area contributed by atoms with E-state index >= 15 is 0 Å². The first-order valence-corrected chi connectivity index (χ1v) is 15.9. The predicted octanol–water partition coefficient (Wildman–Crippen LogP) is 3.09. The minimum atomic E-state index is -1.04. The molecule has 0 radical (unpaired) electrons. The van der Waals surface area contributed by atoms with Gasteiger partial charge in [0.2, 0.25) is 17.7 Å². The Morgan fingerprint density at radius 3 is 2.60 bits per heavy atom. The Balaban J connectivity index is 1.40. The quantitative estimate of drug-likeness (QED) is 0.471. The number of fused-ring (bicyclic) bond motifs is 2. The zero-order valence-corrected chi connectivity index (χ0v) is 26.0. The molecule has 2 aromatic carbocycles. The molecule has 2 aromatic rings. The van der Waals surface area contributed by atoms with E-state index in [2.05, 4.69) is 16.0 Å². The Labute approximate surface area is 263 Å². The van der Waals surface area contributed by atoms with Crippen molar-refractivity contribution in [2.45, 2.75) is 75.9 Å². The molecular weight excluding hydrogens is 579 g/mol. The van der Waals surface area contributed by atoms with Crippen LogP contribution in [0, 0.1) is 11.7 Å². The SMILES string of the molecule is CC(C)[C@@H]1COc2ccccc2C(=O)N[C@H](C(=O)NCC2(c3cccc(F)c3)CCOCC2)CCC(=O)N2CCC[C@H]2C(=O)N1. The smallest absolute Gasteiger partial charge is 0.255 e. The average Bonchev–Trinajstić information content (AvgIpc) is 3.54. The fourth-order valence-corrected chi connectivity index (χ4v) is 6.42. The van der Waals surface area contributed by atoms with Gasteiger partial charge in [-0.1, -0.05) is 38.1 Å². The van der Waals surface area contributed by atoms with Crippen molar-refractivity contribution in [3.63, 3.8) is 0 Å². The first-order valence-electron chi connectivity index (χ1n) is 15.9. The van der Waals surface area contributed by atoms with Crippen molar-refractivity contribution in [3.8, 4) is 5.75 Å². The van der Waals surface area contributed by atoms with Crippen molar-refractivity contribution in [3.05, 3.63) is 65.5 Å². The van der Waals surface area contributed by atoms with E-state index in [0.29, 0.717) is 51.2 Å². The van der Waals surface area contributed by atoms with E-state index in [0.717, 1.165) is 5.56 Å². The van der Waals surface area contributed by atoms with Crippen LogP contribution in [-0.4, -0.2) is 79.6 Å². The molecule has 5 rings (SSSR count). The summed E-state index contributed by atoms with van der Waals surface area (Å²) in [7, 11) is 0. The fourth-order valence-electron chi connectivity index (χ4n) is 6.42. The number of ether oxygens (including phenoxy) is 2. The third-order valence-corrected chi connectivity index (χ3v) is 9.31. The van der Waals surface area contributed by atoms with Crippen LogP contribution in [0.4, 0.5) is 4.39 Å². The molecule has 3 heterocycles. The molecule has 10 nitrogen and oxygen atoms in total. The Morgan fingerprint density at radius 2 is 1.84 bits per heavy atom. The predicted molar refractivity (Wildman–Crippen MR) is 165 cm³/mol. The highest BCUT2D eigenvalue weighted by Gasteiger charge is 2.38. The third kappa shape index (κ3) is 7.64. The number of amides is 4. The molecule has 3 aliphatic heterocycles. The molecule has 3 atom stereocenters. The van der Waals surface area contributed by atoms with Crippen LogP contribution >= 0.6 is 0 Å². The van der Waals surface area contributed by atoms with Crippen LogP contribution in [0.25, 0.3) is 0 Å². The number of nitrogens with one attached hydrogen (secondary N) is 3. The molecule has 0 bridgehead atoms. The van der Waals surface area contributed by atoms with E-state index in [1.54, 1.807) is 35.2 Å². The lowest BCUT2D eigenvalue weighted by atomic mass is 9.74. The lowest BCUT2D eigenvalue weighted by molar-refractivity contribution is -0.139. The number of carbonyl (C=O) groups is 4. The van der Waals surface area contributed by atoms with Gasteiger partial charge in [0, 0.05) is 38.1 Å². The molecule has 242 valence electrons. The van der Waals surface area contributed by atoms with Gasteiger partial charge in [-0.25, -0.2) is 4.39 Å². The van der Waals surface area contributed by atoms with Gasteiger partial charge < -0.3 is 30.3 Å². The van der Waals surface area contributed by atoms with Gasteiger partial charge in [0.15, 0.2) is 0 Å². The van der Waals surface area contributed by atoms with E-state index in [1.165, 1.54) is 12.1 Å². The largest absolute Gasteiger partial charge is 0.491 e. The first kappa shape index (κ1) is 32.4. The number of benzene rings is 2. The van der Waals surface area contributed by atoms with Gasteiger partial charge in [0.25, 0.3) is 5.91 Å². The number of nitrogens with zero attached hydrogens (tertiary/aromatic N) is 1. The zero-order chi connectivity index (χ0) is 32.0. The molecule has 0 aromatic heterocycles. The number of para-hydroxylation sites is 1. The van der Waals surface area contributed by atoms with Gasteiger partial charge in [-0.05, 0) is 67.9 Å². The van der Waals surface area contributed by atoms with Crippen molar-refractivity contribution < 1.29 is 33.0 Å². The Hall–Kier alpha value is -3.99. The number of hydrogen-bond acceptors (Lipinski definition) is 6. The van der Waals surface area contributed by atoms with E-state index in [9.17, 15) is 23.6 Å². The molecule has 2 saturated heterocycles. The number of halogens is 1. The molecule has 4 amide bonds. The maximum Gasteiger partial charge on any atom is 0.255 e. The lowest BCUT2D eigenvalue weighted by Crippen LogP contribution is -2.52. The highest BCUT2D eigenvalue weighted by Crippen LogP contribution is 2.35. The summed E-state index contributed by atoms with van der Waals surface area (Å²) in [5, 5.41) is 8.91. The number of carbonyl (C=O) groups excluding carboxylic acids is 4. The average molecular weight is 623 g/mol. The molecule has 11 heteroatoms. The van der Waals surface area contributed by atoms with Gasteiger partial charge in [-0.3, -0.25) is 19.2 Å². The fraction of sp³-hybridized carbons (Fsp3) is 0.529. The molecule has 0 aliphatic carbocycles. The van der Waals surface area contributed by atoms with Crippen molar-refractivity contribution in [2.24, 2.45) is 5.92 Å². The van der Waals surface area contributed by atoms with E-state index in [-0.39, 0.29) is 61.1 Å². The van der Waals surface area contributed by atoms with Crippen molar-refractivity contribution >= 4 is 23.6 Å². The molecule has 0 saturated carbocycles. The Morgan fingerprint density at radius 1 is 1.07 bits per heavy atom. The molecule has 0 spiro atoms. The third-order valence-electron chi connectivity index (χ3n) is 9.31. The summed E-state index contributed by atoms with van der Waals surface area (Å²) in [6.07, 6.45) is 2.44. The van der Waals surface area contributed by atoms with Crippen LogP contribution in [0.5, 0.6) is 5.75 Å². The maximum absolute atomic E-state index is 14.2. The van der Waals surface area contributed by atoms with Crippen LogP contribution in [0.3, 0.4) is 0 Å². The molecular formula is C34H43FN4O6. The summed E-state index contributed by atoms with van der Waals surface area (Å²) < 4.78 is 25.9. The molecule has 3 aliphatic rings. The van der Waals surface area contributed by atoms with Crippen molar-refractivity contribution in [1.82, 2.24) is 20.9 Å². The Kier molecular flexibility index (Phi) is 10.4. The molecule has 45 heavy (non-hydrogen) atoms. The molecule has 0 unspecified atom stereocenters. The lowest BCUT2D eigenvalue weighted by Gasteiger charge is -2.38. The van der Waals surface area contributed by atoms with E-state index in [1.807, 2.05) is 19.9 Å². The van der Waals surface area contributed by atoms with Crippen LogP contribution in [0.15, 0.2) is 48.5 Å². The van der Waals surface area contributed by atoms with Gasteiger partial charge in [-0.15, -0.1) is 0 Å². The maximum atomic E-state index is 14.2. The summed E-state index contributed by atoms with van der Waals surface area (Å²) in [6, 6.07) is 11.2. The van der Waals surface area contributed by atoms with Gasteiger partial charge in [-0.2, -0.15) is 0 Å². The van der Waals surface area contributed by atoms with Crippen LogP contribution in [0.1, 0.15) is 68.3 Å². The summed E-state index contributed by atoms with van der Waals surface area (Å²) in [5.74, 6) is -1.42. The van der Waals surface area contributed by atoms with Crippen LogP contribution in [0.2, 0.25) is 0 Å². The second-order valence-electron chi connectivity index (χ2n) is 12.6. The van der Waals surface area contributed by atoms with Gasteiger partial charge in [0.05, 0.1) is 11.6 Å². The minimum absolute atomic E-state index is 0.0310. The van der Waals surface area contributed by atoms with E-state index < -0.39 is 29.3 Å². The summed E-state index contributed by atoms with van der Waals surface area (Å²) >= 11 is 0. The Bertz CT molecular complexity index is 1390. The van der Waals surface area contributed by atoms with Gasteiger partial charge in [0.1, 0.15) is 30.3 Å². The van der Waals surface area contributed by atoms with Crippen molar-refractivity contribution in [1.29, 1.82) is 0 Å². The monoisotopic (exact) mass is 622 g/mol. The molecule has 3 N–H and O–H groups in total. The van der Waals surface area contributed by atoms with Gasteiger partial charge >= 0.3 is 0 Å². The summed E-state index contributed by atoms with van der Waals surface area (Å²) in [5.41, 5.74) is 0.474. The van der Waals surface area contributed by atoms with Crippen LogP contribution in [-0.2, 0) is 24.5 Å². The second-order valence-corrected chi connectivity index (χ2v) is 12.6. The van der Waals surface area contributed by atoms with E-state index in [4.69, 9.17) is 9.47 Å². The number of rotatable bonds is 5. The zero-order valence-electron chi connectivity index (χ0n) is 26.0. The van der Waals surface area contributed by atoms with Crippen molar-refractivity contribution in [2.75, 3.05) is 32.9 Å². The first-order chi connectivity index (χ1) is 21.7. The normalized spacial score (nSPS) is 24.3. The summed E-state index contributed by atoms with van der Waals surface area (Å²) in [4.78, 5) is 55.8. The standard InChI is InChI=1S/C34H43FN4O6/c1-22(2)27-20-45-29-11-4-3-9-25(29)31(41)37-26(12-13-30(40)39-16-6-10-28(39)33(43)38-27)32(42)36-21-34(14-17-44-18-15-34)23-7-5-8-24(35)19-23/h3-5,7-9,11,19,22,26-28H,6,10,12-18,20-21H2,1-2H3,(H,36,42)(H,37,41)(H,38,43)/t26-,27-,28-/m0/s1. The summed E-state index contributed by atoms with van der Waals surface area (Å²) in [6.45, 7) is 5.68. The highest BCUT2D eigenvalue weighted by molar-refractivity contribution is 6.00. The number of hydrogen-bond donors (Lipinski definition) is 3. The minimum Gasteiger partial charge on any atom is -0.491 e. The highest BCUT2D eigenvalue weighted by atomic mass is 19.1. The second kappa shape index (κ2) is 14.4.